The highest BCUT2D eigenvalue weighted by molar-refractivity contribution is 5.85. The van der Waals surface area contributed by atoms with Crippen molar-refractivity contribution in [1.29, 1.82) is 0 Å². The van der Waals surface area contributed by atoms with Crippen molar-refractivity contribution >= 4 is 12.4 Å². The van der Waals surface area contributed by atoms with Gasteiger partial charge in [-0.3, -0.25) is 0 Å². The molecule has 0 heterocycles. The minimum absolute atomic E-state index is 0. The van der Waals surface area contributed by atoms with Gasteiger partial charge in [0, 0.05) is 5.54 Å². The van der Waals surface area contributed by atoms with Crippen molar-refractivity contribution < 1.29 is 0 Å². The molecule has 2 saturated carbocycles. The average molecular weight is 162 g/mol. The lowest BCUT2D eigenvalue weighted by atomic mass is 9.97. The summed E-state index contributed by atoms with van der Waals surface area (Å²) < 4.78 is 0. The quantitative estimate of drug-likeness (QED) is 0.626. The van der Waals surface area contributed by atoms with Gasteiger partial charge in [0.25, 0.3) is 0 Å². The summed E-state index contributed by atoms with van der Waals surface area (Å²) in [5.74, 6) is 0.900. The number of hydrogen-bond donors (Lipinski definition) is 1. The van der Waals surface area contributed by atoms with Crippen molar-refractivity contribution in [2.45, 2.75) is 44.1 Å². The highest BCUT2D eigenvalue weighted by Gasteiger charge is 2.45. The van der Waals surface area contributed by atoms with E-state index in [1.165, 1.54) is 38.5 Å². The maximum atomic E-state index is 6.05. The zero-order valence-electron chi connectivity index (χ0n) is 6.31. The lowest BCUT2D eigenvalue weighted by Crippen LogP contribution is -2.30. The van der Waals surface area contributed by atoms with Crippen LogP contribution in [-0.2, 0) is 0 Å². The molecule has 2 heteroatoms. The van der Waals surface area contributed by atoms with Gasteiger partial charge in [-0.15, -0.1) is 12.4 Å². The highest BCUT2D eigenvalue weighted by Crippen LogP contribution is 2.46. The molecule has 2 fully saturated rings. The molecule has 10 heavy (non-hydrogen) atoms. The van der Waals surface area contributed by atoms with Crippen LogP contribution in [0.25, 0.3) is 0 Å². The third-order valence-electron chi connectivity index (χ3n) is 3.00. The van der Waals surface area contributed by atoms with Gasteiger partial charge in [-0.2, -0.15) is 0 Å². The molecule has 2 aliphatic rings. The van der Waals surface area contributed by atoms with Crippen LogP contribution in [0.2, 0.25) is 0 Å². The van der Waals surface area contributed by atoms with Gasteiger partial charge in [0.2, 0.25) is 0 Å². The Labute approximate surface area is 68.8 Å². The van der Waals surface area contributed by atoms with Crippen LogP contribution < -0.4 is 5.73 Å². The van der Waals surface area contributed by atoms with Crippen molar-refractivity contribution in [3.8, 4) is 0 Å². The fourth-order valence-electron chi connectivity index (χ4n) is 2.05. The van der Waals surface area contributed by atoms with Gasteiger partial charge in [-0.1, -0.05) is 12.8 Å². The third-order valence-corrected chi connectivity index (χ3v) is 3.00. The fraction of sp³-hybridized carbons (Fsp3) is 1.00. The molecule has 60 valence electrons. The predicted molar refractivity (Wildman–Crippen MR) is 45.4 cm³/mol. The van der Waals surface area contributed by atoms with Gasteiger partial charge in [0.05, 0.1) is 0 Å². The molecule has 0 radical (unpaired) electrons. The van der Waals surface area contributed by atoms with E-state index in [2.05, 4.69) is 0 Å². The van der Waals surface area contributed by atoms with Gasteiger partial charge >= 0.3 is 0 Å². The summed E-state index contributed by atoms with van der Waals surface area (Å²) in [6.07, 6.45) is 8.30. The van der Waals surface area contributed by atoms with Crippen molar-refractivity contribution in [3.05, 3.63) is 0 Å². The van der Waals surface area contributed by atoms with Crippen molar-refractivity contribution in [3.63, 3.8) is 0 Å². The van der Waals surface area contributed by atoms with Crippen molar-refractivity contribution in [1.82, 2.24) is 0 Å². The minimum Gasteiger partial charge on any atom is -0.325 e. The normalized spacial score (nSPS) is 29.7. The molecular weight excluding hydrogens is 146 g/mol. The molecule has 0 spiro atoms. The van der Waals surface area contributed by atoms with Crippen LogP contribution in [0.5, 0.6) is 0 Å². The van der Waals surface area contributed by atoms with E-state index in [9.17, 15) is 0 Å². The Balaban J connectivity index is 0.000000500. The summed E-state index contributed by atoms with van der Waals surface area (Å²) in [5, 5.41) is 0. The summed E-state index contributed by atoms with van der Waals surface area (Å²) in [6.45, 7) is 0. The molecule has 0 saturated heterocycles. The summed E-state index contributed by atoms with van der Waals surface area (Å²) in [4.78, 5) is 0. The van der Waals surface area contributed by atoms with Crippen LogP contribution in [-0.4, -0.2) is 5.54 Å². The molecule has 0 aromatic rings. The van der Waals surface area contributed by atoms with E-state index in [0.29, 0.717) is 5.54 Å². The van der Waals surface area contributed by atoms with Crippen LogP contribution in [0.4, 0.5) is 0 Å². The summed E-state index contributed by atoms with van der Waals surface area (Å²) in [6, 6.07) is 0. The predicted octanol–water partition coefficient (Wildman–Crippen LogP) is 2.09. The van der Waals surface area contributed by atoms with Gasteiger partial charge in [0.15, 0.2) is 0 Å². The third kappa shape index (κ3) is 1.30. The molecule has 0 bridgehead atoms. The second kappa shape index (κ2) is 2.71. The molecule has 0 unspecified atom stereocenters. The first-order valence-electron chi connectivity index (χ1n) is 4.10. The minimum atomic E-state index is 0. The van der Waals surface area contributed by atoms with Gasteiger partial charge < -0.3 is 5.73 Å². The summed E-state index contributed by atoms with van der Waals surface area (Å²) >= 11 is 0. The summed E-state index contributed by atoms with van der Waals surface area (Å²) in [7, 11) is 0. The second-order valence-electron chi connectivity index (χ2n) is 3.71. The van der Waals surface area contributed by atoms with Crippen LogP contribution in [0, 0.1) is 5.92 Å². The lowest BCUT2D eigenvalue weighted by Gasteiger charge is -2.15. The maximum Gasteiger partial charge on any atom is 0.0184 e. The molecule has 2 N–H and O–H groups in total. The van der Waals surface area contributed by atoms with Crippen LogP contribution >= 0.6 is 12.4 Å². The molecule has 0 aliphatic heterocycles. The number of hydrogen-bond acceptors (Lipinski definition) is 1. The van der Waals surface area contributed by atoms with E-state index in [1.807, 2.05) is 0 Å². The standard InChI is InChI=1S/C8H15N.ClH/c9-8(5-6-8)7-3-1-2-4-7;/h7H,1-6,9H2;1H. The molecule has 2 aliphatic carbocycles. The zero-order chi connectivity index (χ0) is 6.32. The molecule has 2 rings (SSSR count). The Morgan fingerprint density at radius 2 is 1.60 bits per heavy atom. The van der Waals surface area contributed by atoms with E-state index >= 15 is 0 Å². The second-order valence-corrected chi connectivity index (χ2v) is 3.71. The fourth-order valence-corrected chi connectivity index (χ4v) is 2.05. The van der Waals surface area contributed by atoms with E-state index in [4.69, 9.17) is 5.73 Å². The van der Waals surface area contributed by atoms with Crippen molar-refractivity contribution in [2.24, 2.45) is 11.7 Å². The Morgan fingerprint density at radius 3 is 2.00 bits per heavy atom. The maximum absolute atomic E-state index is 6.05. The average Bonchev–Trinajstić information content (AvgIpc) is 2.46. The van der Waals surface area contributed by atoms with Gasteiger partial charge in [-0.25, -0.2) is 0 Å². The van der Waals surface area contributed by atoms with Crippen LogP contribution in [0.3, 0.4) is 0 Å². The first-order valence-corrected chi connectivity index (χ1v) is 4.10. The Hall–Kier alpha value is 0.250. The Morgan fingerprint density at radius 1 is 1.10 bits per heavy atom. The smallest absolute Gasteiger partial charge is 0.0184 e. The van der Waals surface area contributed by atoms with Gasteiger partial charge in [0.1, 0.15) is 0 Å². The van der Waals surface area contributed by atoms with E-state index in [-0.39, 0.29) is 12.4 Å². The molecule has 0 aromatic heterocycles. The zero-order valence-corrected chi connectivity index (χ0v) is 7.12. The number of nitrogens with two attached hydrogens (primary N) is 1. The molecule has 0 atom stereocenters. The SMILES string of the molecule is Cl.NC1(C2CCCC2)CC1. The molecule has 0 amide bonds. The molecule has 1 nitrogen and oxygen atoms in total. The Kier molecular flexibility index (Phi) is 2.26. The van der Waals surface area contributed by atoms with Crippen LogP contribution in [0.1, 0.15) is 38.5 Å². The number of halogens is 1. The molecule has 0 aromatic carbocycles. The first-order chi connectivity index (χ1) is 4.31. The van der Waals surface area contributed by atoms with E-state index in [1.54, 1.807) is 0 Å². The monoisotopic (exact) mass is 161 g/mol. The summed E-state index contributed by atoms with van der Waals surface area (Å²) in [5.41, 5.74) is 6.38. The largest absolute Gasteiger partial charge is 0.325 e. The highest BCUT2D eigenvalue weighted by atomic mass is 35.5. The lowest BCUT2D eigenvalue weighted by molar-refractivity contribution is 0.415. The topological polar surface area (TPSA) is 26.0 Å². The van der Waals surface area contributed by atoms with E-state index < -0.39 is 0 Å². The van der Waals surface area contributed by atoms with Crippen molar-refractivity contribution in [2.75, 3.05) is 0 Å². The van der Waals surface area contributed by atoms with E-state index in [0.717, 1.165) is 5.92 Å². The van der Waals surface area contributed by atoms with Crippen LogP contribution in [0.15, 0.2) is 0 Å². The molecular formula is C8H16ClN. The van der Waals surface area contributed by atoms with Gasteiger partial charge in [-0.05, 0) is 31.6 Å². The number of rotatable bonds is 1. The Bertz CT molecular complexity index is 114. The first kappa shape index (κ1) is 8.35.